The summed E-state index contributed by atoms with van der Waals surface area (Å²) in [5, 5.41) is 17.5. The Kier molecular flexibility index (Phi) is 6.24. The molecule has 9 nitrogen and oxygen atoms in total. The first kappa shape index (κ1) is 23.6. The second-order valence-corrected chi connectivity index (χ2v) is 8.91. The Hall–Kier alpha value is -4.11. The van der Waals surface area contributed by atoms with Crippen LogP contribution in [0.5, 0.6) is 5.75 Å². The number of amides is 1. The number of piperazine rings is 1. The molecule has 184 valence electrons. The Bertz CT molecular complexity index is 1480. The fourth-order valence-electron chi connectivity index (χ4n) is 4.63. The number of hydrogen-bond acceptors (Lipinski definition) is 7. The lowest BCUT2D eigenvalue weighted by molar-refractivity contribution is -0.384. The maximum atomic E-state index is 13.7. The molecule has 1 fully saturated rings. The lowest BCUT2D eigenvalue weighted by Gasteiger charge is -2.36. The van der Waals surface area contributed by atoms with Gasteiger partial charge in [0.1, 0.15) is 22.8 Å². The molecule has 4 aromatic rings. The number of hydrogen-bond donors (Lipinski definition) is 0. The first-order valence-electron chi connectivity index (χ1n) is 11.4. The van der Waals surface area contributed by atoms with Crippen molar-refractivity contribution in [2.24, 2.45) is 0 Å². The zero-order valence-corrected chi connectivity index (χ0v) is 20.5. The van der Waals surface area contributed by atoms with Gasteiger partial charge in [0.2, 0.25) is 0 Å². The number of rotatable bonds is 5. The van der Waals surface area contributed by atoms with Gasteiger partial charge in [0.15, 0.2) is 0 Å². The SMILES string of the molecule is COc1ccc2ccccc2c1-c1noc(C)c1C(=O)N1CCN(c2ccc([N+](=O)[O-])cc2Cl)CC1. The average Bonchev–Trinajstić information content (AvgIpc) is 3.28. The molecule has 0 saturated carbocycles. The second kappa shape index (κ2) is 9.50. The Morgan fingerprint density at radius 3 is 2.56 bits per heavy atom. The zero-order valence-electron chi connectivity index (χ0n) is 19.7. The van der Waals surface area contributed by atoms with Gasteiger partial charge in [-0.2, -0.15) is 0 Å². The van der Waals surface area contributed by atoms with E-state index in [0.29, 0.717) is 65.2 Å². The standard InChI is InChI=1S/C26H23ClN4O5/c1-16-23(25(28-36-16)24-19-6-4-3-5-17(19)7-10-22(24)35-2)26(32)30-13-11-29(12-14-30)21-9-8-18(31(33)34)15-20(21)27/h3-10,15H,11-14H2,1-2H3. The third kappa shape index (κ3) is 4.11. The van der Waals surface area contributed by atoms with E-state index in [1.165, 1.54) is 12.1 Å². The molecular formula is C26H23ClN4O5. The molecule has 0 N–H and O–H groups in total. The van der Waals surface area contributed by atoms with Crippen LogP contribution < -0.4 is 9.64 Å². The molecule has 1 amide bonds. The monoisotopic (exact) mass is 506 g/mol. The molecule has 1 aliphatic heterocycles. The molecule has 0 unspecified atom stereocenters. The van der Waals surface area contributed by atoms with Gasteiger partial charge in [-0.05, 0) is 29.8 Å². The van der Waals surface area contributed by atoms with Crippen LogP contribution in [0.15, 0.2) is 59.1 Å². The number of nitrogens with zero attached hydrogens (tertiary/aromatic N) is 4. The van der Waals surface area contributed by atoms with E-state index >= 15 is 0 Å². The van der Waals surface area contributed by atoms with E-state index < -0.39 is 4.92 Å². The van der Waals surface area contributed by atoms with Crippen molar-refractivity contribution in [2.45, 2.75) is 6.92 Å². The maximum Gasteiger partial charge on any atom is 0.271 e. The summed E-state index contributed by atoms with van der Waals surface area (Å²) in [6.07, 6.45) is 0. The predicted molar refractivity (Wildman–Crippen MR) is 137 cm³/mol. The van der Waals surface area contributed by atoms with Gasteiger partial charge in [0.05, 0.1) is 28.3 Å². The number of non-ortho nitro benzene ring substituents is 1. The van der Waals surface area contributed by atoms with Gasteiger partial charge in [-0.15, -0.1) is 0 Å². The number of carbonyl (C=O) groups excluding carboxylic acids is 1. The van der Waals surface area contributed by atoms with Crippen LogP contribution in [-0.2, 0) is 0 Å². The highest BCUT2D eigenvalue weighted by molar-refractivity contribution is 6.33. The maximum absolute atomic E-state index is 13.7. The molecule has 1 saturated heterocycles. The van der Waals surface area contributed by atoms with E-state index in [-0.39, 0.29) is 11.6 Å². The van der Waals surface area contributed by atoms with E-state index in [0.717, 1.165) is 10.8 Å². The van der Waals surface area contributed by atoms with Crippen molar-refractivity contribution < 1.29 is 19.0 Å². The molecule has 2 heterocycles. The number of aryl methyl sites for hydroxylation is 1. The zero-order chi connectivity index (χ0) is 25.4. The highest BCUT2D eigenvalue weighted by Gasteiger charge is 2.31. The van der Waals surface area contributed by atoms with Crippen LogP contribution in [0.2, 0.25) is 5.02 Å². The van der Waals surface area contributed by atoms with Gasteiger partial charge >= 0.3 is 0 Å². The highest BCUT2D eigenvalue weighted by atomic mass is 35.5. The number of nitro benzene ring substituents is 1. The third-order valence-electron chi connectivity index (χ3n) is 6.47. The van der Waals surface area contributed by atoms with Crippen LogP contribution in [-0.4, -0.2) is 54.2 Å². The van der Waals surface area contributed by atoms with Gasteiger partial charge in [0, 0.05) is 38.3 Å². The van der Waals surface area contributed by atoms with Crippen LogP contribution in [0, 0.1) is 17.0 Å². The Labute approximate surface area is 211 Å². The molecule has 36 heavy (non-hydrogen) atoms. The topological polar surface area (TPSA) is 102 Å². The minimum atomic E-state index is -0.476. The summed E-state index contributed by atoms with van der Waals surface area (Å²) in [7, 11) is 1.59. The Balaban J connectivity index is 1.42. The Morgan fingerprint density at radius 1 is 1.11 bits per heavy atom. The van der Waals surface area contributed by atoms with E-state index in [1.54, 1.807) is 25.0 Å². The lowest BCUT2D eigenvalue weighted by atomic mass is 9.97. The molecule has 1 aromatic heterocycles. The van der Waals surface area contributed by atoms with Gasteiger partial charge < -0.3 is 19.1 Å². The van der Waals surface area contributed by atoms with Crippen molar-refractivity contribution in [3.63, 3.8) is 0 Å². The molecule has 1 aliphatic rings. The van der Waals surface area contributed by atoms with Crippen molar-refractivity contribution in [1.82, 2.24) is 10.1 Å². The number of ether oxygens (including phenoxy) is 1. The number of halogens is 1. The molecule has 0 bridgehead atoms. The summed E-state index contributed by atoms with van der Waals surface area (Å²) in [5.41, 5.74) is 2.22. The van der Waals surface area contributed by atoms with Crippen molar-refractivity contribution in [3.05, 3.63) is 81.1 Å². The van der Waals surface area contributed by atoms with Crippen LogP contribution >= 0.6 is 11.6 Å². The van der Waals surface area contributed by atoms with Crippen molar-refractivity contribution in [1.29, 1.82) is 0 Å². The minimum Gasteiger partial charge on any atom is -0.496 e. The van der Waals surface area contributed by atoms with Gasteiger partial charge in [0.25, 0.3) is 11.6 Å². The summed E-state index contributed by atoms with van der Waals surface area (Å²) in [6, 6.07) is 16.1. The number of aromatic nitrogens is 1. The third-order valence-corrected chi connectivity index (χ3v) is 6.78. The molecule has 0 aliphatic carbocycles. The van der Waals surface area contributed by atoms with E-state index in [4.69, 9.17) is 20.9 Å². The summed E-state index contributed by atoms with van der Waals surface area (Å²) in [4.78, 5) is 28.0. The smallest absolute Gasteiger partial charge is 0.271 e. The normalized spacial score (nSPS) is 13.8. The first-order valence-corrected chi connectivity index (χ1v) is 11.8. The number of benzene rings is 3. The Morgan fingerprint density at radius 2 is 1.86 bits per heavy atom. The quantitative estimate of drug-likeness (QED) is 0.266. The number of carbonyl (C=O) groups is 1. The molecule has 0 atom stereocenters. The summed E-state index contributed by atoms with van der Waals surface area (Å²) >= 11 is 6.31. The van der Waals surface area contributed by atoms with Gasteiger partial charge in [-0.25, -0.2) is 0 Å². The highest BCUT2D eigenvalue weighted by Crippen LogP contribution is 2.39. The van der Waals surface area contributed by atoms with Gasteiger partial charge in [-0.1, -0.05) is 47.1 Å². The largest absolute Gasteiger partial charge is 0.496 e. The van der Waals surface area contributed by atoms with Crippen molar-refractivity contribution in [2.75, 3.05) is 38.2 Å². The van der Waals surface area contributed by atoms with Crippen molar-refractivity contribution >= 4 is 39.7 Å². The average molecular weight is 507 g/mol. The molecular weight excluding hydrogens is 484 g/mol. The number of fused-ring (bicyclic) bond motifs is 1. The predicted octanol–water partition coefficient (Wildman–Crippen LogP) is 5.34. The van der Waals surface area contributed by atoms with E-state index in [1.807, 2.05) is 41.3 Å². The molecule has 0 radical (unpaired) electrons. The fraction of sp³-hybridized carbons (Fsp3) is 0.231. The number of anilines is 1. The molecule has 0 spiro atoms. The van der Waals surface area contributed by atoms with Crippen LogP contribution in [0.3, 0.4) is 0 Å². The lowest BCUT2D eigenvalue weighted by Crippen LogP contribution is -2.49. The van der Waals surface area contributed by atoms with Crippen LogP contribution in [0.1, 0.15) is 16.1 Å². The van der Waals surface area contributed by atoms with Crippen LogP contribution in [0.25, 0.3) is 22.0 Å². The van der Waals surface area contributed by atoms with Gasteiger partial charge in [-0.3, -0.25) is 14.9 Å². The molecule has 3 aromatic carbocycles. The number of nitro groups is 1. The molecule has 10 heteroatoms. The second-order valence-electron chi connectivity index (χ2n) is 8.50. The number of methoxy groups -OCH3 is 1. The van der Waals surface area contributed by atoms with Crippen molar-refractivity contribution in [3.8, 4) is 17.0 Å². The minimum absolute atomic E-state index is 0.0584. The fourth-order valence-corrected chi connectivity index (χ4v) is 4.93. The summed E-state index contributed by atoms with van der Waals surface area (Å²) < 4.78 is 11.1. The summed E-state index contributed by atoms with van der Waals surface area (Å²) in [6.45, 7) is 3.68. The van der Waals surface area contributed by atoms with E-state index in [2.05, 4.69) is 5.16 Å². The molecule has 5 rings (SSSR count). The summed E-state index contributed by atoms with van der Waals surface area (Å²) in [5.74, 6) is 0.868. The van der Waals surface area contributed by atoms with E-state index in [9.17, 15) is 14.9 Å². The van der Waals surface area contributed by atoms with Crippen LogP contribution in [0.4, 0.5) is 11.4 Å². The first-order chi connectivity index (χ1) is 17.4.